The van der Waals surface area contributed by atoms with E-state index in [2.05, 4.69) is 23.6 Å². The van der Waals surface area contributed by atoms with E-state index in [1.807, 2.05) is 79.7 Å². The standard InChI is InChI=1S/C36H33NO7S/c1-24-30(37-34(42-24)28-11-6-10-27(21-28)31-12-7-19-45-31)17-18-40-29-15-13-26(14-16-29)22-36(2,35(38)39)44-33-23-41-32(43-33)20-25-8-4-3-5-9-25/h3-16,19,21,23,32H,17-18,20,22H2,1-2H3,(H,38,39). The van der Waals surface area contributed by atoms with Gasteiger partial charge in [-0.05, 0) is 66.2 Å². The first-order chi connectivity index (χ1) is 21.8. The Morgan fingerprint density at radius 1 is 0.978 bits per heavy atom. The number of rotatable bonds is 13. The highest BCUT2D eigenvalue weighted by molar-refractivity contribution is 7.13. The van der Waals surface area contributed by atoms with Crippen molar-refractivity contribution in [2.45, 2.75) is 45.0 Å². The van der Waals surface area contributed by atoms with Crippen molar-refractivity contribution in [1.29, 1.82) is 0 Å². The molecule has 8 nitrogen and oxygen atoms in total. The lowest BCUT2D eigenvalue weighted by Gasteiger charge is -2.26. The number of hydrogen-bond donors (Lipinski definition) is 1. The van der Waals surface area contributed by atoms with Crippen LogP contribution in [-0.4, -0.2) is 34.6 Å². The highest BCUT2D eigenvalue weighted by Crippen LogP contribution is 2.31. The number of carbonyl (C=O) groups is 1. The second-order valence-corrected chi connectivity index (χ2v) is 11.9. The molecule has 1 N–H and O–H groups in total. The molecule has 0 spiro atoms. The van der Waals surface area contributed by atoms with Gasteiger partial charge in [0, 0.05) is 29.7 Å². The predicted octanol–water partition coefficient (Wildman–Crippen LogP) is 7.82. The van der Waals surface area contributed by atoms with Crippen LogP contribution in [0.15, 0.2) is 113 Å². The Kier molecular flexibility index (Phi) is 8.89. The zero-order valence-electron chi connectivity index (χ0n) is 25.0. The molecule has 0 aliphatic carbocycles. The third kappa shape index (κ3) is 7.38. The van der Waals surface area contributed by atoms with E-state index in [-0.39, 0.29) is 12.4 Å². The van der Waals surface area contributed by atoms with Crippen LogP contribution in [-0.2, 0) is 38.3 Å². The summed E-state index contributed by atoms with van der Waals surface area (Å²) in [6.07, 6.45) is 1.95. The van der Waals surface area contributed by atoms with E-state index in [0.717, 1.165) is 33.7 Å². The van der Waals surface area contributed by atoms with Gasteiger partial charge < -0.3 is 28.5 Å². The molecule has 5 aromatic rings. The summed E-state index contributed by atoms with van der Waals surface area (Å²) < 4.78 is 29.1. The van der Waals surface area contributed by atoms with Crippen molar-refractivity contribution in [2.75, 3.05) is 6.61 Å². The van der Waals surface area contributed by atoms with E-state index in [4.69, 9.17) is 28.3 Å². The van der Waals surface area contributed by atoms with Gasteiger partial charge in [-0.25, -0.2) is 9.78 Å². The molecule has 6 rings (SSSR count). The molecule has 0 amide bonds. The lowest BCUT2D eigenvalue weighted by atomic mass is 9.96. The minimum Gasteiger partial charge on any atom is -0.493 e. The molecule has 0 saturated carbocycles. The van der Waals surface area contributed by atoms with Gasteiger partial charge in [-0.15, -0.1) is 11.3 Å². The minimum absolute atomic E-state index is 0.0438. The van der Waals surface area contributed by atoms with Gasteiger partial charge in [0.1, 0.15) is 11.5 Å². The maximum atomic E-state index is 12.2. The van der Waals surface area contributed by atoms with Crippen LogP contribution < -0.4 is 4.74 Å². The number of aromatic nitrogens is 1. The van der Waals surface area contributed by atoms with Crippen LogP contribution in [0.3, 0.4) is 0 Å². The third-order valence-corrected chi connectivity index (χ3v) is 8.39. The molecule has 0 radical (unpaired) electrons. The Labute approximate surface area is 265 Å². The van der Waals surface area contributed by atoms with E-state index in [0.29, 0.717) is 31.1 Å². The topological polar surface area (TPSA) is 100 Å². The van der Waals surface area contributed by atoms with Gasteiger partial charge in [0.2, 0.25) is 17.8 Å². The van der Waals surface area contributed by atoms with E-state index < -0.39 is 17.9 Å². The van der Waals surface area contributed by atoms with Crippen molar-refractivity contribution >= 4 is 17.3 Å². The number of oxazole rings is 1. The number of ether oxygens (including phenoxy) is 4. The van der Waals surface area contributed by atoms with Gasteiger partial charge in [-0.2, -0.15) is 0 Å². The maximum Gasteiger partial charge on any atom is 0.348 e. The number of hydrogen-bond acceptors (Lipinski definition) is 8. The van der Waals surface area contributed by atoms with Gasteiger partial charge in [0.15, 0.2) is 6.26 Å². The monoisotopic (exact) mass is 623 g/mol. The number of thiophene rings is 1. The second-order valence-electron chi connectivity index (χ2n) is 10.9. The Bertz CT molecular complexity index is 1760. The highest BCUT2D eigenvalue weighted by Gasteiger charge is 2.39. The molecule has 0 fully saturated rings. The molecule has 2 atom stereocenters. The Hall–Kier alpha value is -5.02. The van der Waals surface area contributed by atoms with Crippen LogP contribution in [0.2, 0.25) is 0 Å². The molecule has 1 aliphatic heterocycles. The van der Waals surface area contributed by atoms with Crippen molar-refractivity contribution < 1.29 is 33.3 Å². The highest BCUT2D eigenvalue weighted by atomic mass is 32.1. The van der Waals surface area contributed by atoms with Crippen molar-refractivity contribution in [1.82, 2.24) is 4.98 Å². The largest absolute Gasteiger partial charge is 0.493 e. The average molecular weight is 624 g/mol. The summed E-state index contributed by atoms with van der Waals surface area (Å²) in [7, 11) is 0. The Balaban J connectivity index is 1.01. The number of nitrogens with zero attached hydrogens (tertiary/aromatic N) is 1. The lowest BCUT2D eigenvalue weighted by molar-refractivity contribution is -0.168. The van der Waals surface area contributed by atoms with Crippen molar-refractivity contribution in [3.05, 3.63) is 131 Å². The van der Waals surface area contributed by atoms with Gasteiger partial charge >= 0.3 is 11.9 Å². The van der Waals surface area contributed by atoms with Gasteiger partial charge in [-0.1, -0.05) is 60.7 Å². The summed E-state index contributed by atoms with van der Waals surface area (Å²) in [5, 5.41) is 12.1. The van der Waals surface area contributed by atoms with Crippen molar-refractivity contribution in [3.8, 4) is 27.6 Å². The maximum absolute atomic E-state index is 12.2. The molecule has 2 aromatic heterocycles. The SMILES string of the molecule is Cc1oc(-c2cccc(-c3cccs3)c2)nc1CCOc1ccc(CC(C)(OC2=COC(Cc3ccccc3)O2)C(=O)O)cc1. The summed E-state index contributed by atoms with van der Waals surface area (Å²) in [6, 6.07) is 29.4. The number of aryl methyl sites for hydroxylation is 1. The molecule has 0 bridgehead atoms. The molecular formula is C36H33NO7S. The fraction of sp³-hybridized carbons (Fsp3) is 0.222. The molecule has 0 saturated heterocycles. The summed E-state index contributed by atoms with van der Waals surface area (Å²) in [5.74, 6) is 0.949. The summed E-state index contributed by atoms with van der Waals surface area (Å²) in [4.78, 5) is 18.2. The normalized spacial score (nSPS) is 15.4. The zero-order chi connectivity index (χ0) is 31.2. The fourth-order valence-corrected chi connectivity index (χ4v) is 5.75. The first-order valence-corrected chi connectivity index (χ1v) is 15.5. The van der Waals surface area contributed by atoms with Gasteiger partial charge in [-0.3, -0.25) is 0 Å². The van der Waals surface area contributed by atoms with Gasteiger partial charge in [0.05, 0.1) is 12.3 Å². The number of benzene rings is 3. The molecule has 2 unspecified atom stereocenters. The molecule has 9 heteroatoms. The number of carboxylic acids is 1. The predicted molar refractivity (Wildman–Crippen MR) is 171 cm³/mol. The van der Waals surface area contributed by atoms with E-state index in [1.165, 1.54) is 18.1 Å². The van der Waals surface area contributed by atoms with Crippen LogP contribution in [0.1, 0.15) is 29.5 Å². The molecule has 3 aromatic carbocycles. The van der Waals surface area contributed by atoms with E-state index in [9.17, 15) is 9.90 Å². The quantitative estimate of drug-likeness (QED) is 0.142. The molecule has 3 heterocycles. The van der Waals surface area contributed by atoms with Crippen LogP contribution in [0.5, 0.6) is 5.75 Å². The summed E-state index contributed by atoms with van der Waals surface area (Å²) in [5.41, 5.74) is 3.15. The van der Waals surface area contributed by atoms with Crippen molar-refractivity contribution in [2.24, 2.45) is 0 Å². The summed E-state index contributed by atoms with van der Waals surface area (Å²) in [6.45, 7) is 3.84. The van der Waals surface area contributed by atoms with Crippen LogP contribution >= 0.6 is 11.3 Å². The molecular weight excluding hydrogens is 590 g/mol. The molecule has 230 valence electrons. The molecule has 45 heavy (non-hydrogen) atoms. The first kappa shape index (κ1) is 30.0. The number of carboxylic acid groups (broad SMARTS) is 1. The van der Waals surface area contributed by atoms with Gasteiger partial charge in [0.25, 0.3) is 0 Å². The Morgan fingerprint density at radius 2 is 1.78 bits per heavy atom. The fourth-order valence-electron chi connectivity index (χ4n) is 5.03. The first-order valence-electron chi connectivity index (χ1n) is 14.7. The summed E-state index contributed by atoms with van der Waals surface area (Å²) >= 11 is 1.70. The number of aliphatic carboxylic acids is 1. The smallest absolute Gasteiger partial charge is 0.348 e. The Morgan fingerprint density at radius 3 is 2.53 bits per heavy atom. The second kappa shape index (κ2) is 13.3. The van der Waals surface area contributed by atoms with E-state index >= 15 is 0 Å². The molecule has 1 aliphatic rings. The third-order valence-electron chi connectivity index (χ3n) is 7.47. The van der Waals surface area contributed by atoms with E-state index in [1.54, 1.807) is 11.3 Å². The van der Waals surface area contributed by atoms with Crippen LogP contribution in [0.25, 0.3) is 21.9 Å². The van der Waals surface area contributed by atoms with Crippen molar-refractivity contribution in [3.63, 3.8) is 0 Å². The zero-order valence-corrected chi connectivity index (χ0v) is 25.8. The van der Waals surface area contributed by atoms with Crippen LogP contribution in [0, 0.1) is 6.92 Å². The lowest BCUT2D eigenvalue weighted by Crippen LogP contribution is -2.40. The average Bonchev–Trinajstić information content (AvgIpc) is 3.81. The minimum atomic E-state index is -1.56. The van der Waals surface area contributed by atoms with Crippen LogP contribution in [0.4, 0.5) is 0 Å².